The van der Waals surface area contributed by atoms with Gasteiger partial charge in [-0.05, 0) is 48.4 Å². The predicted molar refractivity (Wildman–Crippen MR) is 220 cm³/mol. The molecule has 0 N–H and O–H groups in total. The van der Waals surface area contributed by atoms with Crippen LogP contribution in [0.1, 0.15) is 55.4 Å². The van der Waals surface area contributed by atoms with E-state index in [0.717, 1.165) is 0 Å². The monoisotopic (exact) mass is 800 g/mol. The van der Waals surface area contributed by atoms with Gasteiger partial charge in [0.15, 0.2) is 0 Å². The molecule has 0 aromatic heterocycles. The van der Waals surface area contributed by atoms with Gasteiger partial charge in [-0.2, -0.15) is 0 Å². The van der Waals surface area contributed by atoms with Crippen LogP contribution in [-0.4, -0.2) is 68.5 Å². The van der Waals surface area contributed by atoms with Crippen LogP contribution in [0.5, 0.6) is 0 Å². The summed E-state index contributed by atoms with van der Waals surface area (Å²) >= 11 is 0. The average Bonchev–Trinajstić information content (AvgIpc) is 3.14. The lowest BCUT2D eigenvalue weighted by Gasteiger charge is -2.49. The average molecular weight is 802 g/mol. The molecule has 0 saturated carbocycles. The Bertz CT molecular complexity index is 885. The summed E-state index contributed by atoms with van der Waals surface area (Å²) in [6, 6.07) is 4.53. The van der Waals surface area contributed by atoms with Crippen LogP contribution < -0.4 is 0 Å². The smallest absolute Gasteiger partial charge is 0.347 e. The summed E-state index contributed by atoms with van der Waals surface area (Å²) in [5.74, 6) is 0. The molecular weight excluding hydrogens is 737 g/mol. The van der Waals surface area contributed by atoms with Crippen LogP contribution in [0.2, 0.25) is 48.4 Å². The summed E-state index contributed by atoms with van der Waals surface area (Å²) in [5, 5.41) is 0. The molecule has 0 unspecified atom stereocenters. The van der Waals surface area contributed by atoms with Gasteiger partial charge in [0, 0.05) is 0 Å². The van der Waals surface area contributed by atoms with Crippen LogP contribution in [0.15, 0.2) is 98.2 Å². The maximum absolute atomic E-state index is 7.25. The van der Waals surface area contributed by atoms with E-state index in [1.165, 1.54) is 0 Å². The van der Waals surface area contributed by atoms with E-state index in [2.05, 4.69) is 108 Å². The molecule has 8 nitrogen and oxygen atoms in total. The number of rotatable bonds is 16. The maximum Gasteiger partial charge on any atom is 0.347 e. The Labute approximate surface area is 301 Å². The molecule has 1 aliphatic rings. The molecule has 1 aliphatic heterocycles. The van der Waals surface area contributed by atoms with Crippen LogP contribution in [0, 0.1) is 0 Å². The predicted octanol–water partition coefficient (Wildman–Crippen LogP) is 9.63. The standard InChI is InChI=1S/C32H64O8Si8/c1-17-41(18-2)33-42(19-3,20-4)35-44(23-7,24-8)37-46(27-11,28-12)39-48(31-15,32-16)40-47(29-13,30-14)38-45(25-9,26-10)36-43(21-5,22-6)34-41/h17,19,21,23,25,27,29,31H,1,3,5,7,9,11,13,15,18,20,22,24,26,28,30,32H2,2,4,6,8,10,12,14,16H3. The number of hydrogen-bond acceptors (Lipinski definition) is 8. The normalized spacial score (nSPS) is 40.2. The van der Waals surface area contributed by atoms with E-state index in [1.807, 2.05) is 45.6 Å². The Hall–Kier alpha value is -0.665. The Morgan fingerprint density at radius 1 is 0.250 bits per heavy atom. The molecular formula is C32H64O8Si8. The zero-order valence-corrected chi connectivity index (χ0v) is 39.2. The Morgan fingerprint density at radius 3 is 0.375 bits per heavy atom. The highest BCUT2D eigenvalue weighted by atomic mass is 28.5. The molecule has 0 radical (unpaired) electrons. The van der Waals surface area contributed by atoms with Crippen molar-refractivity contribution in [2.24, 2.45) is 0 Å². The fourth-order valence-corrected chi connectivity index (χ4v) is 45.4. The highest BCUT2D eigenvalue weighted by Gasteiger charge is 2.59. The van der Waals surface area contributed by atoms with Gasteiger partial charge in [0.1, 0.15) is 0 Å². The molecule has 16 heteroatoms. The summed E-state index contributed by atoms with van der Waals surface area (Å²) in [6.07, 6.45) is 0. The lowest BCUT2D eigenvalue weighted by atomic mass is 11.0. The summed E-state index contributed by atoms with van der Waals surface area (Å²) in [6.45, 7) is 50.4. The van der Waals surface area contributed by atoms with Gasteiger partial charge in [-0.15, -0.1) is 52.6 Å². The van der Waals surface area contributed by atoms with Crippen molar-refractivity contribution >= 4 is 68.5 Å². The van der Waals surface area contributed by atoms with E-state index in [9.17, 15) is 0 Å². The molecule has 0 amide bonds. The third kappa shape index (κ3) is 9.80. The second kappa shape index (κ2) is 18.7. The van der Waals surface area contributed by atoms with Gasteiger partial charge in [0.05, 0.1) is 0 Å². The first-order valence-electron chi connectivity index (χ1n) is 17.3. The van der Waals surface area contributed by atoms with E-state index in [4.69, 9.17) is 32.9 Å². The molecule has 1 saturated heterocycles. The summed E-state index contributed by atoms with van der Waals surface area (Å²) in [5.41, 5.74) is 14.7. The SMILES string of the molecule is C=C[Si]1(CC)O[Si](C=C)(CC)O[Si](C=C)(CC)O[Si](C=C)(CC)O[Si](C=C)(CC)O[Si](C=C)(CC)O[Si](C=C)(CC)O[Si](C=C)(CC)O1. The van der Waals surface area contributed by atoms with Gasteiger partial charge in [0.25, 0.3) is 0 Å². The minimum Gasteiger partial charge on any atom is -0.409 e. The van der Waals surface area contributed by atoms with Crippen molar-refractivity contribution in [3.05, 3.63) is 98.2 Å². The van der Waals surface area contributed by atoms with Crippen LogP contribution in [-0.2, 0) is 32.9 Å². The zero-order valence-electron chi connectivity index (χ0n) is 31.2. The van der Waals surface area contributed by atoms with Crippen molar-refractivity contribution in [1.82, 2.24) is 0 Å². The van der Waals surface area contributed by atoms with Gasteiger partial charge in [-0.25, -0.2) is 0 Å². The highest BCUT2D eigenvalue weighted by Crippen LogP contribution is 2.40. The minimum absolute atomic E-state index is 0.566. The maximum atomic E-state index is 7.25. The van der Waals surface area contributed by atoms with E-state index in [-0.39, 0.29) is 0 Å². The van der Waals surface area contributed by atoms with Crippen molar-refractivity contribution in [2.75, 3.05) is 0 Å². The van der Waals surface area contributed by atoms with Gasteiger partial charge in [0.2, 0.25) is 0 Å². The third-order valence-electron chi connectivity index (χ3n) is 9.19. The fourth-order valence-electron chi connectivity index (χ4n) is 5.48. The molecule has 0 aromatic carbocycles. The molecule has 1 fully saturated rings. The first kappa shape index (κ1) is 45.4. The first-order chi connectivity index (χ1) is 22.6. The molecule has 1 rings (SSSR count). The molecule has 0 aliphatic carbocycles. The van der Waals surface area contributed by atoms with Crippen molar-refractivity contribution in [1.29, 1.82) is 0 Å². The largest absolute Gasteiger partial charge is 0.409 e. The third-order valence-corrected chi connectivity index (χ3v) is 44.2. The van der Waals surface area contributed by atoms with Crippen molar-refractivity contribution in [3.8, 4) is 0 Å². The summed E-state index contributed by atoms with van der Waals surface area (Å²) in [7, 11) is -26.0. The summed E-state index contributed by atoms with van der Waals surface area (Å²) < 4.78 is 58.0. The molecule has 0 bridgehead atoms. The second-order valence-electron chi connectivity index (χ2n) is 11.8. The molecule has 48 heavy (non-hydrogen) atoms. The van der Waals surface area contributed by atoms with Gasteiger partial charge in [-0.3, -0.25) is 0 Å². The van der Waals surface area contributed by atoms with E-state index in [1.54, 1.807) is 0 Å². The van der Waals surface area contributed by atoms with Crippen molar-refractivity contribution in [2.45, 2.75) is 104 Å². The molecule has 272 valence electrons. The van der Waals surface area contributed by atoms with E-state index in [0.29, 0.717) is 48.4 Å². The molecule has 0 spiro atoms. The first-order valence-corrected chi connectivity index (χ1v) is 34.1. The van der Waals surface area contributed by atoms with Gasteiger partial charge in [-0.1, -0.05) is 101 Å². The lowest BCUT2D eigenvalue weighted by Crippen LogP contribution is -2.68. The van der Waals surface area contributed by atoms with Crippen molar-refractivity contribution in [3.63, 3.8) is 0 Å². The quantitative estimate of drug-likeness (QED) is 0.143. The van der Waals surface area contributed by atoms with Gasteiger partial charge < -0.3 is 32.9 Å². The lowest BCUT2D eigenvalue weighted by molar-refractivity contribution is 0.239. The molecule has 1 heterocycles. The second-order valence-corrected chi connectivity index (χ2v) is 40.2. The summed E-state index contributed by atoms with van der Waals surface area (Å²) in [4.78, 5) is 0. The molecule has 0 aromatic rings. The van der Waals surface area contributed by atoms with Crippen LogP contribution in [0.4, 0.5) is 0 Å². The topological polar surface area (TPSA) is 73.8 Å². The van der Waals surface area contributed by atoms with Crippen LogP contribution in [0.25, 0.3) is 0 Å². The van der Waals surface area contributed by atoms with E-state index < -0.39 is 68.5 Å². The van der Waals surface area contributed by atoms with Crippen LogP contribution in [0.3, 0.4) is 0 Å². The van der Waals surface area contributed by atoms with Gasteiger partial charge >= 0.3 is 68.5 Å². The van der Waals surface area contributed by atoms with E-state index >= 15 is 0 Å². The highest BCUT2D eigenvalue weighted by molar-refractivity contribution is 7.00. The Balaban J connectivity index is 4.42. The van der Waals surface area contributed by atoms with Crippen LogP contribution >= 0.6 is 0 Å². The fraction of sp³-hybridized carbons (Fsp3) is 0.500. The minimum atomic E-state index is -3.26. The van der Waals surface area contributed by atoms with Crippen molar-refractivity contribution < 1.29 is 32.9 Å². The Morgan fingerprint density at radius 2 is 0.333 bits per heavy atom. The Kier molecular flexibility index (Phi) is 17.7. The number of hydrogen-bond donors (Lipinski definition) is 0. The molecule has 0 atom stereocenters. The zero-order chi connectivity index (χ0) is 37.0.